The maximum atomic E-state index is 12.6. The van der Waals surface area contributed by atoms with Crippen molar-refractivity contribution in [3.63, 3.8) is 0 Å². The average molecular weight is 495 g/mol. The Bertz CT molecular complexity index is 1170. The van der Waals surface area contributed by atoms with E-state index in [0.717, 1.165) is 4.90 Å². The molecule has 5 nitrogen and oxygen atoms in total. The van der Waals surface area contributed by atoms with Crippen LogP contribution in [-0.2, 0) is 14.8 Å². The lowest BCUT2D eigenvalue weighted by Crippen LogP contribution is -2.14. The highest BCUT2D eigenvalue weighted by molar-refractivity contribution is 7.99. The number of carbonyl (C=O) groups excluding carboxylic acids is 1. The van der Waals surface area contributed by atoms with Crippen LogP contribution >= 0.6 is 35.0 Å². The second kappa shape index (κ2) is 10.4. The lowest BCUT2D eigenvalue weighted by atomic mass is 10.2. The number of hydrogen-bond acceptors (Lipinski definition) is 4. The molecule has 2 N–H and O–H groups in total. The van der Waals surface area contributed by atoms with Gasteiger partial charge in [0.1, 0.15) is 0 Å². The number of benzene rings is 3. The maximum absolute atomic E-state index is 12.6. The number of anilines is 2. The largest absolute Gasteiger partial charge is 0.326 e. The molecule has 9 heteroatoms. The fraction of sp³-hybridized carbons (Fsp3) is 0.136. The number of nitrogens with one attached hydrogen (secondary N) is 2. The number of hydrogen-bond donors (Lipinski definition) is 2. The van der Waals surface area contributed by atoms with Gasteiger partial charge in [0.25, 0.3) is 10.0 Å². The van der Waals surface area contributed by atoms with Gasteiger partial charge in [-0.15, -0.1) is 11.8 Å². The van der Waals surface area contributed by atoms with E-state index in [4.69, 9.17) is 23.2 Å². The van der Waals surface area contributed by atoms with Crippen molar-refractivity contribution in [3.8, 4) is 0 Å². The highest BCUT2D eigenvalue weighted by Crippen LogP contribution is 2.28. The number of rotatable bonds is 8. The van der Waals surface area contributed by atoms with Crippen molar-refractivity contribution in [2.24, 2.45) is 0 Å². The highest BCUT2D eigenvalue weighted by Gasteiger charge is 2.16. The molecule has 0 aliphatic heterocycles. The van der Waals surface area contributed by atoms with Gasteiger partial charge in [-0.05, 0) is 61.5 Å². The van der Waals surface area contributed by atoms with Gasteiger partial charge in [0, 0.05) is 27.8 Å². The van der Waals surface area contributed by atoms with Gasteiger partial charge in [-0.25, -0.2) is 8.42 Å². The van der Waals surface area contributed by atoms with Crippen molar-refractivity contribution in [3.05, 3.63) is 82.3 Å². The first-order chi connectivity index (χ1) is 14.7. The van der Waals surface area contributed by atoms with E-state index in [1.807, 2.05) is 31.2 Å². The zero-order valence-electron chi connectivity index (χ0n) is 16.6. The third-order valence-electron chi connectivity index (χ3n) is 4.24. The van der Waals surface area contributed by atoms with Gasteiger partial charge >= 0.3 is 0 Å². The third-order valence-corrected chi connectivity index (χ3v) is 7.19. The molecule has 1 amide bonds. The van der Waals surface area contributed by atoms with Crippen LogP contribution in [0.2, 0.25) is 10.0 Å². The van der Waals surface area contributed by atoms with Crippen LogP contribution in [0.4, 0.5) is 11.4 Å². The summed E-state index contributed by atoms with van der Waals surface area (Å²) in [6.07, 6.45) is 0.342. The molecule has 0 saturated carbocycles. The van der Waals surface area contributed by atoms with Crippen LogP contribution in [0.3, 0.4) is 0 Å². The van der Waals surface area contributed by atoms with Crippen molar-refractivity contribution in [1.82, 2.24) is 0 Å². The molecule has 0 bridgehead atoms. The van der Waals surface area contributed by atoms with Gasteiger partial charge in [-0.2, -0.15) is 0 Å². The van der Waals surface area contributed by atoms with E-state index in [2.05, 4.69) is 10.0 Å². The summed E-state index contributed by atoms with van der Waals surface area (Å²) in [5.41, 5.74) is 1.95. The van der Waals surface area contributed by atoms with E-state index in [0.29, 0.717) is 22.9 Å². The second-order valence-electron chi connectivity index (χ2n) is 6.71. The van der Waals surface area contributed by atoms with Crippen LogP contribution in [0, 0.1) is 6.92 Å². The quantitative estimate of drug-likeness (QED) is 0.364. The van der Waals surface area contributed by atoms with Gasteiger partial charge in [-0.1, -0.05) is 40.9 Å². The summed E-state index contributed by atoms with van der Waals surface area (Å²) in [6, 6.07) is 18.5. The van der Waals surface area contributed by atoms with Crippen LogP contribution in [0.1, 0.15) is 12.0 Å². The van der Waals surface area contributed by atoms with E-state index in [1.54, 1.807) is 30.0 Å². The Morgan fingerprint density at radius 1 is 0.968 bits per heavy atom. The number of amides is 1. The topological polar surface area (TPSA) is 75.3 Å². The van der Waals surface area contributed by atoms with Gasteiger partial charge < -0.3 is 5.32 Å². The first-order valence-electron chi connectivity index (χ1n) is 9.30. The summed E-state index contributed by atoms with van der Waals surface area (Å²) in [5.74, 6) is 0.508. The van der Waals surface area contributed by atoms with Crippen molar-refractivity contribution in [2.75, 3.05) is 15.8 Å². The van der Waals surface area contributed by atoms with E-state index in [1.165, 1.54) is 29.8 Å². The van der Waals surface area contributed by atoms with Crippen LogP contribution in [0.5, 0.6) is 0 Å². The molecule has 0 fully saturated rings. The minimum absolute atomic E-state index is 0.0476. The third kappa shape index (κ3) is 6.90. The van der Waals surface area contributed by atoms with Gasteiger partial charge in [0.2, 0.25) is 5.91 Å². The smallest absolute Gasteiger partial charge is 0.261 e. The van der Waals surface area contributed by atoms with Crippen LogP contribution < -0.4 is 10.0 Å². The van der Waals surface area contributed by atoms with E-state index < -0.39 is 10.0 Å². The monoisotopic (exact) mass is 494 g/mol. The fourth-order valence-electron chi connectivity index (χ4n) is 2.61. The van der Waals surface area contributed by atoms with E-state index >= 15 is 0 Å². The molecule has 3 rings (SSSR count). The molecule has 0 aliphatic carbocycles. The Morgan fingerprint density at radius 2 is 1.65 bits per heavy atom. The van der Waals surface area contributed by atoms with Crippen molar-refractivity contribution in [1.29, 1.82) is 0 Å². The minimum Gasteiger partial charge on any atom is -0.326 e. The SMILES string of the molecule is Cc1ccc(SCCC(=O)Nc2ccc(S(=O)(=O)Nc3ccc(Cl)cc3Cl)cc2)cc1. The predicted molar refractivity (Wildman–Crippen MR) is 129 cm³/mol. The number of sulfonamides is 1. The summed E-state index contributed by atoms with van der Waals surface area (Å²) in [6.45, 7) is 2.03. The summed E-state index contributed by atoms with van der Waals surface area (Å²) in [7, 11) is -3.84. The van der Waals surface area contributed by atoms with Gasteiger partial charge in [-0.3, -0.25) is 9.52 Å². The van der Waals surface area contributed by atoms with E-state index in [-0.39, 0.29) is 21.5 Å². The maximum Gasteiger partial charge on any atom is 0.261 e. The standard InChI is InChI=1S/C22H20Cl2N2O3S2/c1-15-2-7-18(8-3-15)30-13-12-22(27)25-17-5-9-19(10-6-17)31(28,29)26-21-11-4-16(23)14-20(21)24/h2-11,14,26H,12-13H2,1H3,(H,25,27). The predicted octanol–water partition coefficient (Wildman–Crippen LogP) is 6.22. The van der Waals surface area contributed by atoms with Crippen molar-refractivity contribution >= 4 is 62.3 Å². The first-order valence-corrected chi connectivity index (χ1v) is 12.5. The number of halogens is 2. The Labute approximate surface area is 196 Å². The molecule has 0 unspecified atom stereocenters. The molecule has 0 aromatic heterocycles. The second-order valence-corrected chi connectivity index (χ2v) is 10.4. The normalized spacial score (nSPS) is 11.2. The van der Waals surface area contributed by atoms with Crippen LogP contribution in [0.15, 0.2) is 76.5 Å². The molecule has 0 radical (unpaired) electrons. The molecule has 0 aliphatic rings. The Balaban J connectivity index is 1.55. The van der Waals surface area contributed by atoms with Gasteiger partial charge in [0.05, 0.1) is 15.6 Å². The van der Waals surface area contributed by atoms with Crippen LogP contribution in [-0.4, -0.2) is 20.1 Å². The molecule has 0 spiro atoms. The Kier molecular flexibility index (Phi) is 7.89. The molecule has 31 heavy (non-hydrogen) atoms. The molecule has 0 atom stereocenters. The lowest BCUT2D eigenvalue weighted by Gasteiger charge is -2.11. The minimum atomic E-state index is -3.84. The number of thioether (sulfide) groups is 1. The zero-order valence-corrected chi connectivity index (χ0v) is 19.7. The van der Waals surface area contributed by atoms with Crippen LogP contribution in [0.25, 0.3) is 0 Å². The summed E-state index contributed by atoms with van der Waals surface area (Å²) < 4.78 is 27.6. The summed E-state index contributed by atoms with van der Waals surface area (Å²) in [5, 5.41) is 3.38. The number of aryl methyl sites for hydroxylation is 1. The molecule has 0 saturated heterocycles. The van der Waals surface area contributed by atoms with Gasteiger partial charge in [0.15, 0.2) is 0 Å². The van der Waals surface area contributed by atoms with Crippen molar-refractivity contribution in [2.45, 2.75) is 23.1 Å². The zero-order chi connectivity index (χ0) is 22.4. The van der Waals surface area contributed by atoms with Crippen molar-refractivity contribution < 1.29 is 13.2 Å². The summed E-state index contributed by atoms with van der Waals surface area (Å²) >= 11 is 13.5. The lowest BCUT2D eigenvalue weighted by molar-refractivity contribution is -0.115. The molecule has 3 aromatic rings. The van der Waals surface area contributed by atoms with E-state index in [9.17, 15) is 13.2 Å². The highest BCUT2D eigenvalue weighted by atomic mass is 35.5. The molecular formula is C22H20Cl2N2O3S2. The Hall–Kier alpha value is -2.19. The molecule has 0 heterocycles. The average Bonchev–Trinajstić information content (AvgIpc) is 2.72. The molecule has 162 valence electrons. The first kappa shape index (κ1) is 23.5. The fourth-order valence-corrected chi connectivity index (χ4v) is 5.06. The Morgan fingerprint density at radius 3 is 2.29 bits per heavy atom. The summed E-state index contributed by atoms with van der Waals surface area (Å²) in [4.78, 5) is 13.3. The molecule has 3 aromatic carbocycles. The molecular weight excluding hydrogens is 475 g/mol. The number of carbonyl (C=O) groups is 1.